The van der Waals surface area contributed by atoms with Crippen LogP contribution >= 0.6 is 0 Å². The lowest BCUT2D eigenvalue weighted by molar-refractivity contribution is -0.145. The lowest BCUT2D eigenvalue weighted by atomic mass is 9.46. The zero-order valence-corrected chi connectivity index (χ0v) is 20.8. The highest BCUT2D eigenvalue weighted by Gasteiger charge is 2.66. The van der Waals surface area contributed by atoms with E-state index < -0.39 is 23.4 Å². The number of hydrogen-bond donors (Lipinski definition) is 2. The second-order valence-corrected chi connectivity index (χ2v) is 11.5. The molecule has 0 spiro atoms. The normalized spacial score (nSPS) is 42.7. The van der Waals surface area contributed by atoms with Crippen LogP contribution in [0.25, 0.3) is 0 Å². The molecule has 0 heterocycles. The van der Waals surface area contributed by atoms with Gasteiger partial charge in [-0.1, -0.05) is 13.8 Å². The summed E-state index contributed by atoms with van der Waals surface area (Å²) in [5.74, 6) is -0.117. The first-order valence-corrected chi connectivity index (χ1v) is 12.4. The first kappa shape index (κ1) is 25.0. The Labute approximate surface area is 197 Å². The van der Waals surface area contributed by atoms with Gasteiger partial charge in [0.2, 0.25) is 0 Å². The van der Waals surface area contributed by atoms with Crippen LogP contribution in [-0.2, 0) is 19.1 Å². The van der Waals surface area contributed by atoms with Gasteiger partial charge in [-0.15, -0.1) is 0 Å². The van der Waals surface area contributed by atoms with Crippen LogP contribution in [0.5, 0.6) is 0 Å². The molecular weight excluding hydrogens is 422 g/mol. The molecule has 0 aromatic carbocycles. The smallest absolute Gasteiger partial charge is 0.169 e. The number of ether oxygens (including phenoxy) is 2. The van der Waals surface area contributed by atoms with Crippen LogP contribution in [0.4, 0.5) is 0 Å². The second kappa shape index (κ2) is 8.83. The first-order valence-electron chi connectivity index (χ1n) is 12.4. The molecule has 33 heavy (non-hydrogen) atoms. The SMILES string of the molecule is COC(CN(C)CC(=O)C1CC[C@@]2(O)C3=CC(=O)C4CC(O)CCC4(C)C3CCC12C)OC. The van der Waals surface area contributed by atoms with Gasteiger partial charge in [0.15, 0.2) is 17.9 Å². The fourth-order valence-corrected chi connectivity index (χ4v) is 7.77. The highest BCUT2D eigenvalue weighted by atomic mass is 16.7. The molecule has 7 nitrogen and oxygen atoms in total. The van der Waals surface area contributed by atoms with Gasteiger partial charge in [-0.05, 0) is 75.0 Å². The molecule has 7 atom stereocenters. The van der Waals surface area contributed by atoms with Gasteiger partial charge in [0.1, 0.15) is 0 Å². The molecule has 3 fully saturated rings. The fraction of sp³-hybridized carbons (Fsp3) is 0.846. The van der Waals surface area contributed by atoms with Crippen molar-refractivity contribution in [3.05, 3.63) is 11.6 Å². The second-order valence-electron chi connectivity index (χ2n) is 11.5. The predicted molar refractivity (Wildman–Crippen MR) is 123 cm³/mol. The maximum absolute atomic E-state index is 13.4. The summed E-state index contributed by atoms with van der Waals surface area (Å²) in [6.45, 7) is 4.99. The van der Waals surface area contributed by atoms with E-state index in [1.807, 2.05) is 11.9 Å². The van der Waals surface area contributed by atoms with Gasteiger partial charge in [0, 0.05) is 38.0 Å². The number of methoxy groups -OCH3 is 2. The molecular formula is C26H41NO6. The van der Waals surface area contributed by atoms with E-state index in [0.717, 1.165) is 24.8 Å². The van der Waals surface area contributed by atoms with Crippen molar-refractivity contribution in [2.45, 2.75) is 76.8 Å². The Hall–Kier alpha value is -1.12. The van der Waals surface area contributed by atoms with E-state index in [-0.39, 0.29) is 41.3 Å². The average Bonchev–Trinajstić information content (AvgIpc) is 3.05. The lowest BCUT2D eigenvalue weighted by Gasteiger charge is -2.59. The van der Waals surface area contributed by atoms with Gasteiger partial charge in [0.05, 0.1) is 18.2 Å². The van der Waals surface area contributed by atoms with E-state index in [4.69, 9.17) is 9.47 Å². The van der Waals surface area contributed by atoms with Crippen molar-refractivity contribution in [2.24, 2.45) is 28.6 Å². The number of allylic oxidation sites excluding steroid dienone is 1. The number of Topliss-reactive ketones (excluding diaryl/α,β-unsaturated/α-hetero) is 1. The minimum Gasteiger partial charge on any atom is -0.393 e. The van der Waals surface area contributed by atoms with Crippen LogP contribution in [0.1, 0.15) is 58.8 Å². The Morgan fingerprint density at radius 1 is 1.15 bits per heavy atom. The standard InChI is InChI=1S/C26H41NO6/c1-24-9-6-16(28)12-20(24)21(29)13-19-17(24)7-10-25(2)18(8-11-26(19,25)31)22(30)14-27(3)15-23(32-4)33-5/h13,16-18,20,23,28,31H,6-12,14-15H2,1-5H3/t16?,17?,18?,20?,24?,25?,26-/m1/s1. The van der Waals surface area contributed by atoms with Crippen molar-refractivity contribution in [3.8, 4) is 0 Å². The minimum absolute atomic E-state index is 0.0415. The number of nitrogens with zero attached hydrogens (tertiary/aromatic N) is 1. The quantitative estimate of drug-likeness (QED) is 0.560. The maximum Gasteiger partial charge on any atom is 0.169 e. The summed E-state index contributed by atoms with van der Waals surface area (Å²) < 4.78 is 10.5. The summed E-state index contributed by atoms with van der Waals surface area (Å²) >= 11 is 0. The molecule has 0 aromatic heterocycles. The Balaban J connectivity index is 1.57. The van der Waals surface area contributed by atoms with Gasteiger partial charge in [-0.25, -0.2) is 0 Å². The molecule has 4 rings (SSSR count). The monoisotopic (exact) mass is 463 g/mol. The number of carbonyl (C=O) groups excluding carboxylic acids is 2. The van der Waals surface area contributed by atoms with Crippen molar-refractivity contribution in [1.29, 1.82) is 0 Å². The molecule has 0 bridgehead atoms. The number of likely N-dealkylation sites (N-methyl/N-ethyl adjacent to an activating group) is 1. The molecule has 0 saturated heterocycles. The fourth-order valence-electron chi connectivity index (χ4n) is 7.77. The van der Waals surface area contributed by atoms with Gasteiger partial charge in [0.25, 0.3) is 0 Å². The molecule has 3 saturated carbocycles. The van der Waals surface area contributed by atoms with Crippen molar-refractivity contribution in [3.63, 3.8) is 0 Å². The summed E-state index contributed by atoms with van der Waals surface area (Å²) in [7, 11) is 5.04. The Kier molecular flexibility index (Phi) is 6.69. The molecule has 0 amide bonds. The maximum atomic E-state index is 13.4. The van der Waals surface area contributed by atoms with Crippen LogP contribution in [0.15, 0.2) is 11.6 Å². The summed E-state index contributed by atoms with van der Waals surface area (Å²) in [6, 6.07) is 0. The van der Waals surface area contributed by atoms with Crippen LogP contribution in [0.3, 0.4) is 0 Å². The van der Waals surface area contributed by atoms with E-state index in [1.165, 1.54) is 0 Å². The molecule has 7 heteroatoms. The number of ketones is 2. The lowest BCUT2D eigenvalue weighted by Crippen LogP contribution is -2.59. The Morgan fingerprint density at radius 2 is 1.85 bits per heavy atom. The van der Waals surface area contributed by atoms with E-state index in [9.17, 15) is 19.8 Å². The molecule has 0 aliphatic heterocycles. The van der Waals surface area contributed by atoms with Crippen LogP contribution in [0, 0.1) is 28.6 Å². The van der Waals surface area contributed by atoms with Crippen LogP contribution in [-0.4, -0.2) is 79.0 Å². The van der Waals surface area contributed by atoms with Crippen molar-refractivity contribution in [1.82, 2.24) is 4.90 Å². The molecule has 6 unspecified atom stereocenters. The van der Waals surface area contributed by atoms with Crippen LogP contribution < -0.4 is 0 Å². The highest BCUT2D eigenvalue weighted by Crippen LogP contribution is 2.67. The van der Waals surface area contributed by atoms with Gasteiger partial charge < -0.3 is 19.7 Å². The third kappa shape index (κ3) is 3.84. The summed E-state index contributed by atoms with van der Waals surface area (Å²) in [4.78, 5) is 28.5. The molecule has 0 aromatic rings. The van der Waals surface area contributed by atoms with E-state index >= 15 is 0 Å². The van der Waals surface area contributed by atoms with Gasteiger partial charge in [-0.3, -0.25) is 14.5 Å². The zero-order valence-electron chi connectivity index (χ0n) is 20.8. The van der Waals surface area contributed by atoms with E-state index in [2.05, 4.69) is 13.8 Å². The number of aliphatic hydroxyl groups is 2. The van der Waals surface area contributed by atoms with E-state index in [1.54, 1.807) is 20.3 Å². The van der Waals surface area contributed by atoms with Crippen molar-refractivity contribution in [2.75, 3.05) is 34.4 Å². The number of hydrogen-bond acceptors (Lipinski definition) is 7. The third-order valence-electron chi connectivity index (χ3n) is 9.87. The summed E-state index contributed by atoms with van der Waals surface area (Å²) in [5.41, 5.74) is -1.07. The summed E-state index contributed by atoms with van der Waals surface area (Å²) in [6.07, 6.45) is 5.70. The third-order valence-corrected chi connectivity index (χ3v) is 9.87. The first-order chi connectivity index (χ1) is 15.5. The molecule has 4 aliphatic carbocycles. The highest BCUT2D eigenvalue weighted by molar-refractivity contribution is 5.95. The number of fused-ring (bicyclic) bond motifs is 5. The van der Waals surface area contributed by atoms with Crippen molar-refractivity contribution >= 4 is 11.6 Å². The van der Waals surface area contributed by atoms with Gasteiger partial charge >= 0.3 is 0 Å². The summed E-state index contributed by atoms with van der Waals surface area (Å²) in [5, 5.41) is 22.3. The molecule has 186 valence electrons. The minimum atomic E-state index is -1.13. The molecule has 4 aliphatic rings. The zero-order chi connectivity index (χ0) is 24.2. The number of rotatable bonds is 7. The van der Waals surface area contributed by atoms with E-state index in [0.29, 0.717) is 32.2 Å². The Bertz CT molecular complexity index is 824. The van der Waals surface area contributed by atoms with Gasteiger partial charge in [-0.2, -0.15) is 0 Å². The Morgan fingerprint density at radius 3 is 2.52 bits per heavy atom. The van der Waals surface area contributed by atoms with Crippen molar-refractivity contribution < 1.29 is 29.3 Å². The topological polar surface area (TPSA) is 96.3 Å². The largest absolute Gasteiger partial charge is 0.393 e. The molecule has 0 radical (unpaired) electrons. The average molecular weight is 464 g/mol. The number of aliphatic hydroxyl groups excluding tert-OH is 1. The number of carbonyl (C=O) groups is 2. The predicted octanol–water partition coefficient (Wildman–Crippen LogP) is 2.34. The van der Waals surface area contributed by atoms with Crippen LogP contribution in [0.2, 0.25) is 0 Å². The molecule has 2 N–H and O–H groups in total.